The van der Waals surface area contributed by atoms with Gasteiger partial charge in [0.1, 0.15) is 0 Å². The third-order valence-electron chi connectivity index (χ3n) is 3.56. The standard InChI is InChI=1S/C13H23N3/c1-2-15-12(9-14)7-8-16(13-5-6-13)10-11-3-4-11/h11-13,15H,2-8,10H2,1H3. The van der Waals surface area contributed by atoms with Gasteiger partial charge in [0, 0.05) is 19.1 Å². The van der Waals surface area contributed by atoms with Crippen molar-refractivity contribution in [3.63, 3.8) is 0 Å². The monoisotopic (exact) mass is 221 g/mol. The van der Waals surface area contributed by atoms with E-state index in [-0.39, 0.29) is 6.04 Å². The summed E-state index contributed by atoms with van der Waals surface area (Å²) in [5.41, 5.74) is 0. The molecule has 1 N–H and O–H groups in total. The van der Waals surface area contributed by atoms with Crippen molar-refractivity contribution < 1.29 is 0 Å². The van der Waals surface area contributed by atoms with Gasteiger partial charge in [-0.15, -0.1) is 0 Å². The second-order valence-corrected chi connectivity index (χ2v) is 5.20. The first kappa shape index (κ1) is 11.9. The summed E-state index contributed by atoms with van der Waals surface area (Å²) in [6, 6.07) is 3.24. The molecule has 2 saturated carbocycles. The first-order valence-corrected chi connectivity index (χ1v) is 6.70. The Morgan fingerprint density at radius 2 is 2.12 bits per heavy atom. The maximum absolute atomic E-state index is 8.99. The smallest absolute Gasteiger partial charge is 0.0965 e. The molecule has 2 rings (SSSR count). The third-order valence-corrected chi connectivity index (χ3v) is 3.56. The fourth-order valence-electron chi connectivity index (χ4n) is 2.25. The van der Waals surface area contributed by atoms with E-state index < -0.39 is 0 Å². The Morgan fingerprint density at radius 3 is 2.62 bits per heavy atom. The van der Waals surface area contributed by atoms with Crippen molar-refractivity contribution >= 4 is 0 Å². The van der Waals surface area contributed by atoms with Gasteiger partial charge >= 0.3 is 0 Å². The molecule has 0 saturated heterocycles. The van der Waals surface area contributed by atoms with Gasteiger partial charge in [0.25, 0.3) is 0 Å². The van der Waals surface area contributed by atoms with Crippen LogP contribution in [0.2, 0.25) is 0 Å². The van der Waals surface area contributed by atoms with Gasteiger partial charge in [0.05, 0.1) is 12.1 Å². The summed E-state index contributed by atoms with van der Waals surface area (Å²) in [6.07, 6.45) is 6.60. The fourth-order valence-corrected chi connectivity index (χ4v) is 2.25. The summed E-state index contributed by atoms with van der Waals surface area (Å²) >= 11 is 0. The van der Waals surface area contributed by atoms with Crippen LogP contribution < -0.4 is 5.32 Å². The molecular weight excluding hydrogens is 198 g/mol. The number of nitrogens with one attached hydrogen (secondary N) is 1. The van der Waals surface area contributed by atoms with Crippen LogP contribution in [0, 0.1) is 17.2 Å². The Balaban J connectivity index is 1.69. The largest absolute Gasteiger partial charge is 0.302 e. The van der Waals surface area contributed by atoms with Gasteiger partial charge in [0.15, 0.2) is 0 Å². The highest BCUT2D eigenvalue weighted by molar-refractivity contribution is 4.93. The lowest BCUT2D eigenvalue weighted by atomic mass is 10.2. The maximum atomic E-state index is 8.99. The molecule has 0 radical (unpaired) electrons. The lowest BCUT2D eigenvalue weighted by molar-refractivity contribution is 0.243. The minimum atomic E-state index is 0.0467. The average molecular weight is 221 g/mol. The molecule has 90 valence electrons. The van der Waals surface area contributed by atoms with E-state index in [4.69, 9.17) is 5.26 Å². The van der Waals surface area contributed by atoms with E-state index in [9.17, 15) is 0 Å². The summed E-state index contributed by atoms with van der Waals surface area (Å²) in [4.78, 5) is 2.62. The van der Waals surface area contributed by atoms with E-state index >= 15 is 0 Å². The SMILES string of the molecule is CCNC(C#N)CCN(CC1CC1)C1CC1. The van der Waals surface area contributed by atoms with Gasteiger partial charge in [-0.1, -0.05) is 6.92 Å². The van der Waals surface area contributed by atoms with E-state index in [0.29, 0.717) is 0 Å². The topological polar surface area (TPSA) is 39.1 Å². The number of hydrogen-bond acceptors (Lipinski definition) is 3. The lowest BCUT2D eigenvalue weighted by Gasteiger charge is -2.23. The Morgan fingerprint density at radius 1 is 1.38 bits per heavy atom. The second kappa shape index (κ2) is 5.65. The first-order valence-electron chi connectivity index (χ1n) is 6.70. The Labute approximate surface area is 98.8 Å². The molecule has 3 nitrogen and oxygen atoms in total. The normalized spacial score (nSPS) is 22.1. The van der Waals surface area contributed by atoms with Gasteiger partial charge < -0.3 is 10.2 Å². The molecule has 2 fully saturated rings. The van der Waals surface area contributed by atoms with Crippen molar-refractivity contribution in [3.8, 4) is 6.07 Å². The zero-order valence-corrected chi connectivity index (χ0v) is 10.3. The molecule has 0 heterocycles. The number of nitrogens with zero attached hydrogens (tertiary/aromatic N) is 2. The van der Waals surface area contributed by atoms with Crippen molar-refractivity contribution in [2.45, 2.75) is 51.1 Å². The summed E-state index contributed by atoms with van der Waals surface area (Å²) in [5.74, 6) is 0.972. The van der Waals surface area contributed by atoms with E-state index in [0.717, 1.165) is 31.5 Å². The van der Waals surface area contributed by atoms with Crippen molar-refractivity contribution in [1.29, 1.82) is 5.26 Å². The van der Waals surface area contributed by atoms with Crippen LogP contribution in [0.3, 0.4) is 0 Å². The molecule has 1 atom stereocenters. The number of hydrogen-bond donors (Lipinski definition) is 1. The van der Waals surface area contributed by atoms with Crippen LogP contribution in [0.1, 0.15) is 39.0 Å². The van der Waals surface area contributed by atoms with Crippen LogP contribution in [0.5, 0.6) is 0 Å². The molecule has 0 spiro atoms. The summed E-state index contributed by atoms with van der Waals surface area (Å²) in [5, 5.41) is 12.2. The van der Waals surface area contributed by atoms with Crippen LogP contribution in [-0.4, -0.2) is 36.6 Å². The molecule has 1 unspecified atom stereocenters. The minimum absolute atomic E-state index is 0.0467. The molecule has 0 aromatic heterocycles. The predicted molar refractivity (Wildman–Crippen MR) is 65.0 cm³/mol. The van der Waals surface area contributed by atoms with Crippen molar-refractivity contribution in [3.05, 3.63) is 0 Å². The minimum Gasteiger partial charge on any atom is -0.302 e. The van der Waals surface area contributed by atoms with Crippen LogP contribution in [0.15, 0.2) is 0 Å². The molecule has 3 heteroatoms. The highest BCUT2D eigenvalue weighted by Gasteiger charge is 2.33. The van der Waals surface area contributed by atoms with E-state index in [1.54, 1.807) is 0 Å². The highest BCUT2D eigenvalue weighted by atomic mass is 15.2. The van der Waals surface area contributed by atoms with Crippen molar-refractivity contribution in [1.82, 2.24) is 10.2 Å². The zero-order valence-electron chi connectivity index (χ0n) is 10.3. The summed E-state index contributed by atoms with van der Waals surface area (Å²) in [7, 11) is 0. The molecule has 2 aliphatic carbocycles. The van der Waals surface area contributed by atoms with Crippen molar-refractivity contribution in [2.24, 2.45) is 5.92 Å². The van der Waals surface area contributed by atoms with Gasteiger partial charge in [-0.2, -0.15) is 5.26 Å². The maximum Gasteiger partial charge on any atom is 0.0965 e. The van der Waals surface area contributed by atoms with Crippen LogP contribution in [-0.2, 0) is 0 Å². The Kier molecular flexibility index (Phi) is 4.20. The van der Waals surface area contributed by atoms with Crippen molar-refractivity contribution in [2.75, 3.05) is 19.6 Å². The lowest BCUT2D eigenvalue weighted by Crippen LogP contribution is -2.35. The van der Waals surface area contributed by atoms with Gasteiger partial charge in [0.2, 0.25) is 0 Å². The fraction of sp³-hybridized carbons (Fsp3) is 0.923. The summed E-state index contributed by atoms with van der Waals surface area (Å²) < 4.78 is 0. The predicted octanol–water partition coefficient (Wildman–Crippen LogP) is 1.75. The van der Waals surface area contributed by atoms with Crippen LogP contribution in [0.4, 0.5) is 0 Å². The Bertz CT molecular complexity index is 250. The van der Waals surface area contributed by atoms with Crippen LogP contribution >= 0.6 is 0 Å². The average Bonchev–Trinajstić information content (AvgIpc) is 3.15. The van der Waals surface area contributed by atoms with E-state index in [2.05, 4.69) is 23.2 Å². The summed E-state index contributed by atoms with van der Waals surface area (Å²) in [6.45, 7) is 5.35. The van der Waals surface area contributed by atoms with Gasteiger partial charge in [-0.05, 0) is 44.6 Å². The molecular formula is C13H23N3. The van der Waals surface area contributed by atoms with Gasteiger partial charge in [-0.3, -0.25) is 0 Å². The number of rotatable bonds is 8. The zero-order chi connectivity index (χ0) is 11.4. The molecule has 0 bridgehead atoms. The third kappa shape index (κ3) is 3.77. The molecule has 0 amide bonds. The van der Waals surface area contributed by atoms with Gasteiger partial charge in [-0.25, -0.2) is 0 Å². The quantitative estimate of drug-likeness (QED) is 0.679. The van der Waals surface area contributed by atoms with Crippen LogP contribution in [0.25, 0.3) is 0 Å². The highest BCUT2D eigenvalue weighted by Crippen LogP contribution is 2.34. The Hall–Kier alpha value is -0.590. The molecule has 16 heavy (non-hydrogen) atoms. The molecule has 2 aliphatic rings. The van der Waals surface area contributed by atoms with E-state index in [1.165, 1.54) is 32.2 Å². The second-order valence-electron chi connectivity index (χ2n) is 5.20. The molecule has 0 aromatic carbocycles. The molecule has 0 aliphatic heterocycles. The number of nitriles is 1. The molecule has 0 aromatic rings. The first-order chi connectivity index (χ1) is 7.83. The van der Waals surface area contributed by atoms with E-state index in [1.807, 2.05) is 0 Å².